The fraction of sp³-hybridized carbons (Fsp3) is 0.769. The molecule has 1 unspecified atom stereocenters. The van der Waals surface area contributed by atoms with Crippen LogP contribution in [-0.4, -0.2) is 31.3 Å². The number of rotatable bonds is 15. The molecule has 0 fully saturated rings. The second-order valence-corrected chi connectivity index (χ2v) is 15.3. The molecule has 4 nitrogen and oxygen atoms in total. The Balaban J connectivity index is 2.44. The van der Waals surface area contributed by atoms with Crippen molar-refractivity contribution in [3.63, 3.8) is 0 Å². The van der Waals surface area contributed by atoms with Crippen LogP contribution < -0.4 is 0 Å². The third kappa shape index (κ3) is 9.86. The van der Waals surface area contributed by atoms with E-state index < -0.39 is 20.4 Å². The van der Waals surface area contributed by atoms with Gasteiger partial charge in [0.15, 0.2) is 8.32 Å². The van der Waals surface area contributed by atoms with Crippen molar-refractivity contribution >= 4 is 20.1 Å². The Labute approximate surface area is 191 Å². The molecule has 0 aromatic heterocycles. The van der Waals surface area contributed by atoms with Crippen LogP contribution in [0, 0.1) is 5.92 Å². The number of carbonyl (C=O) groups is 2. The van der Waals surface area contributed by atoms with E-state index in [9.17, 15) is 14.7 Å². The highest BCUT2D eigenvalue weighted by atomic mass is 28.4. The van der Waals surface area contributed by atoms with E-state index in [2.05, 4.69) is 52.9 Å². The van der Waals surface area contributed by atoms with Gasteiger partial charge in [0.2, 0.25) is 0 Å². The van der Waals surface area contributed by atoms with Crippen LogP contribution in [0.25, 0.3) is 0 Å². The zero-order valence-electron chi connectivity index (χ0n) is 20.8. The number of carboxylic acid groups (broad SMARTS) is 1. The number of hydrogen-bond acceptors (Lipinski definition) is 3. The standard InChI is InChI=1S/C26H46O4Si/c1-7-8-9-10-11-13-16-21-19-20-23(27)22(21)17-14-12-15-18-24(25(28)29)30-31(5,6)26(2,3)4/h12,14,19,22,24H,7-11,13,15-18,20H2,1-6H3,(H,28,29)/t22-,24?/m1/s1. The highest BCUT2D eigenvalue weighted by molar-refractivity contribution is 6.74. The Hall–Kier alpha value is -1.20. The summed E-state index contributed by atoms with van der Waals surface area (Å²) in [5.41, 5.74) is 1.31. The van der Waals surface area contributed by atoms with Crippen molar-refractivity contribution in [1.29, 1.82) is 0 Å². The van der Waals surface area contributed by atoms with Gasteiger partial charge in [-0.2, -0.15) is 0 Å². The topological polar surface area (TPSA) is 63.6 Å². The molecule has 0 saturated carbocycles. The van der Waals surface area contributed by atoms with Gasteiger partial charge >= 0.3 is 5.97 Å². The second kappa shape index (κ2) is 13.4. The van der Waals surface area contributed by atoms with E-state index in [1.54, 1.807) is 0 Å². The summed E-state index contributed by atoms with van der Waals surface area (Å²) in [6, 6.07) is 0. The van der Waals surface area contributed by atoms with Gasteiger partial charge in [-0.3, -0.25) is 4.79 Å². The van der Waals surface area contributed by atoms with Crippen molar-refractivity contribution in [2.75, 3.05) is 0 Å². The molecule has 0 amide bonds. The van der Waals surface area contributed by atoms with Crippen LogP contribution >= 0.6 is 0 Å². The minimum absolute atomic E-state index is 0.0158. The summed E-state index contributed by atoms with van der Waals surface area (Å²) in [5, 5.41) is 9.56. The minimum atomic E-state index is -2.12. The molecule has 1 rings (SSSR count). The van der Waals surface area contributed by atoms with Crippen LogP contribution in [0.4, 0.5) is 0 Å². The van der Waals surface area contributed by atoms with Crippen LogP contribution in [0.5, 0.6) is 0 Å². The number of ketones is 1. The lowest BCUT2D eigenvalue weighted by atomic mass is 9.92. The first-order valence-electron chi connectivity index (χ1n) is 12.3. The fourth-order valence-electron chi connectivity index (χ4n) is 3.75. The first kappa shape index (κ1) is 27.8. The second-order valence-electron chi connectivity index (χ2n) is 10.5. The fourth-order valence-corrected chi connectivity index (χ4v) is 5.04. The van der Waals surface area contributed by atoms with Crippen LogP contribution in [-0.2, 0) is 14.0 Å². The molecule has 1 aliphatic carbocycles. The molecule has 0 bridgehead atoms. The Morgan fingerprint density at radius 1 is 1.19 bits per heavy atom. The third-order valence-corrected chi connectivity index (χ3v) is 11.4. The Kier molecular flexibility index (Phi) is 12.0. The van der Waals surface area contributed by atoms with Gasteiger partial charge in [-0.15, -0.1) is 0 Å². The Morgan fingerprint density at radius 2 is 1.84 bits per heavy atom. The molecule has 1 N–H and O–H groups in total. The average molecular weight is 451 g/mol. The molecule has 0 saturated heterocycles. The molecule has 5 heteroatoms. The molecular weight excluding hydrogens is 404 g/mol. The van der Waals surface area contributed by atoms with E-state index in [1.165, 1.54) is 44.1 Å². The highest BCUT2D eigenvalue weighted by Gasteiger charge is 2.40. The number of hydrogen-bond donors (Lipinski definition) is 1. The molecule has 0 aliphatic heterocycles. The summed E-state index contributed by atoms with van der Waals surface area (Å²) < 4.78 is 6.10. The summed E-state index contributed by atoms with van der Waals surface area (Å²) in [6.45, 7) is 12.8. The number of aliphatic carboxylic acids is 1. The largest absolute Gasteiger partial charge is 0.479 e. The monoisotopic (exact) mass is 450 g/mol. The van der Waals surface area contributed by atoms with Gasteiger partial charge < -0.3 is 9.53 Å². The zero-order valence-corrected chi connectivity index (χ0v) is 21.8. The summed E-state index contributed by atoms with van der Waals surface area (Å²) in [7, 11) is -2.12. The van der Waals surface area contributed by atoms with Gasteiger partial charge in [0.1, 0.15) is 11.9 Å². The summed E-state index contributed by atoms with van der Waals surface area (Å²) in [4.78, 5) is 24.0. The van der Waals surface area contributed by atoms with Crippen molar-refractivity contribution in [3.05, 3.63) is 23.8 Å². The van der Waals surface area contributed by atoms with E-state index in [4.69, 9.17) is 4.43 Å². The molecule has 2 atom stereocenters. The van der Waals surface area contributed by atoms with Crippen LogP contribution in [0.2, 0.25) is 18.1 Å². The van der Waals surface area contributed by atoms with Crippen LogP contribution in [0.15, 0.2) is 23.8 Å². The normalized spacial score (nSPS) is 18.6. The van der Waals surface area contributed by atoms with Crippen LogP contribution in [0.1, 0.15) is 98.3 Å². The van der Waals surface area contributed by atoms with Gasteiger partial charge in [0.25, 0.3) is 0 Å². The van der Waals surface area contributed by atoms with E-state index >= 15 is 0 Å². The number of unbranched alkanes of at least 4 members (excludes halogenated alkanes) is 5. The lowest BCUT2D eigenvalue weighted by Gasteiger charge is -2.38. The molecule has 0 aromatic carbocycles. The molecule has 31 heavy (non-hydrogen) atoms. The Bertz CT molecular complexity index is 628. The molecule has 178 valence electrons. The van der Waals surface area contributed by atoms with Gasteiger partial charge in [-0.25, -0.2) is 4.79 Å². The SMILES string of the molecule is CCCCCCCCC1=CCC(=O)[C@@H]1CC=CCCC(O[Si](C)(C)C(C)(C)C)C(=O)O. The number of allylic oxidation sites excluding steroid dienone is 4. The molecule has 0 radical (unpaired) electrons. The first-order valence-corrected chi connectivity index (χ1v) is 15.2. The maximum absolute atomic E-state index is 12.3. The van der Waals surface area contributed by atoms with Crippen molar-refractivity contribution in [3.8, 4) is 0 Å². The van der Waals surface area contributed by atoms with E-state index in [1.807, 2.05) is 6.08 Å². The van der Waals surface area contributed by atoms with Gasteiger partial charge in [-0.1, -0.05) is 83.6 Å². The van der Waals surface area contributed by atoms with E-state index in [0.717, 1.165) is 12.8 Å². The van der Waals surface area contributed by atoms with Crippen molar-refractivity contribution in [2.24, 2.45) is 5.92 Å². The van der Waals surface area contributed by atoms with E-state index in [-0.39, 0.29) is 11.0 Å². The smallest absolute Gasteiger partial charge is 0.331 e. The molecule has 0 heterocycles. The maximum atomic E-state index is 12.3. The lowest BCUT2D eigenvalue weighted by Crippen LogP contribution is -2.46. The van der Waals surface area contributed by atoms with Gasteiger partial charge in [0.05, 0.1) is 0 Å². The quantitative estimate of drug-likeness (QED) is 0.160. The van der Waals surface area contributed by atoms with Crippen molar-refractivity contribution in [2.45, 2.75) is 123 Å². The third-order valence-electron chi connectivity index (χ3n) is 6.87. The zero-order chi connectivity index (χ0) is 23.5. The molecule has 1 aliphatic rings. The molecule has 0 aromatic rings. The van der Waals surface area contributed by atoms with Gasteiger partial charge in [0, 0.05) is 12.3 Å². The predicted molar refractivity (Wildman–Crippen MR) is 132 cm³/mol. The average Bonchev–Trinajstić information content (AvgIpc) is 3.02. The van der Waals surface area contributed by atoms with E-state index in [0.29, 0.717) is 25.0 Å². The molecule has 0 spiro atoms. The highest BCUT2D eigenvalue weighted by Crippen LogP contribution is 2.37. The Morgan fingerprint density at radius 3 is 2.45 bits per heavy atom. The minimum Gasteiger partial charge on any atom is -0.479 e. The predicted octanol–water partition coefficient (Wildman–Crippen LogP) is 7.45. The number of carboxylic acids is 1. The first-order chi connectivity index (χ1) is 14.5. The number of carbonyl (C=O) groups excluding carboxylic acids is 1. The maximum Gasteiger partial charge on any atom is 0.331 e. The van der Waals surface area contributed by atoms with Crippen LogP contribution in [0.3, 0.4) is 0 Å². The van der Waals surface area contributed by atoms with Crippen molar-refractivity contribution in [1.82, 2.24) is 0 Å². The summed E-state index contributed by atoms with van der Waals surface area (Å²) >= 11 is 0. The van der Waals surface area contributed by atoms with Crippen molar-refractivity contribution < 1.29 is 19.1 Å². The summed E-state index contributed by atoms with van der Waals surface area (Å²) in [5.74, 6) is -0.519. The lowest BCUT2D eigenvalue weighted by molar-refractivity contribution is -0.145. The summed E-state index contributed by atoms with van der Waals surface area (Å²) in [6.07, 6.45) is 16.6. The number of Topliss-reactive ketones (excluding diaryl/α,β-unsaturated/α-hetero) is 1. The van der Waals surface area contributed by atoms with Gasteiger partial charge in [-0.05, 0) is 50.2 Å². The molecular formula is C26H46O4Si.